The third-order valence-electron chi connectivity index (χ3n) is 5.05. The zero-order chi connectivity index (χ0) is 17.5. The zero-order valence-electron chi connectivity index (χ0n) is 16.7. The highest BCUT2D eigenvalue weighted by Crippen LogP contribution is 2.10. The molecule has 1 N–H and O–H groups in total. The summed E-state index contributed by atoms with van der Waals surface area (Å²) in [7, 11) is 1.89. The minimum Gasteiger partial charge on any atom is -0.379 e. The molecule has 0 radical (unpaired) electrons. The van der Waals surface area contributed by atoms with Crippen molar-refractivity contribution in [2.75, 3.05) is 66.1 Å². The van der Waals surface area contributed by atoms with Crippen molar-refractivity contribution < 1.29 is 4.74 Å². The standard InChI is InChI=1S/C18H37N5O.HI/c1-15(2)13-21-6-8-22(9-7-21)18(19-5)20-12-16(3)23-10-11-24-14-17(23)4;/h15-17H,6-14H2,1-5H3,(H,19,20);1H. The van der Waals surface area contributed by atoms with Crippen LogP contribution in [0.15, 0.2) is 4.99 Å². The molecule has 0 aromatic carbocycles. The van der Waals surface area contributed by atoms with Crippen molar-refractivity contribution in [1.29, 1.82) is 0 Å². The minimum absolute atomic E-state index is 0. The van der Waals surface area contributed by atoms with Crippen LogP contribution in [0.25, 0.3) is 0 Å². The molecule has 2 heterocycles. The Morgan fingerprint density at radius 1 is 1.16 bits per heavy atom. The fourth-order valence-corrected chi connectivity index (χ4v) is 3.74. The van der Waals surface area contributed by atoms with Crippen LogP contribution in [0.1, 0.15) is 27.7 Å². The van der Waals surface area contributed by atoms with E-state index in [9.17, 15) is 0 Å². The summed E-state index contributed by atoms with van der Waals surface area (Å²) < 4.78 is 5.54. The lowest BCUT2D eigenvalue weighted by atomic mass is 10.2. The average molecular weight is 467 g/mol. The van der Waals surface area contributed by atoms with Gasteiger partial charge in [-0.15, -0.1) is 24.0 Å². The molecular formula is C18H38IN5O. The molecule has 0 amide bonds. The summed E-state index contributed by atoms with van der Waals surface area (Å²) in [5, 5.41) is 3.59. The van der Waals surface area contributed by atoms with E-state index in [0.717, 1.165) is 64.4 Å². The summed E-state index contributed by atoms with van der Waals surface area (Å²) >= 11 is 0. The van der Waals surface area contributed by atoms with Gasteiger partial charge in [0.15, 0.2) is 5.96 Å². The van der Waals surface area contributed by atoms with E-state index in [1.807, 2.05) is 7.05 Å². The average Bonchev–Trinajstić information content (AvgIpc) is 2.56. The smallest absolute Gasteiger partial charge is 0.193 e. The van der Waals surface area contributed by atoms with E-state index in [1.54, 1.807) is 0 Å². The predicted octanol–water partition coefficient (Wildman–Crippen LogP) is 1.56. The van der Waals surface area contributed by atoms with Crippen molar-refractivity contribution in [3.63, 3.8) is 0 Å². The zero-order valence-corrected chi connectivity index (χ0v) is 19.0. The highest BCUT2D eigenvalue weighted by atomic mass is 127. The van der Waals surface area contributed by atoms with Gasteiger partial charge >= 0.3 is 0 Å². The van der Waals surface area contributed by atoms with Gasteiger partial charge in [0.1, 0.15) is 0 Å². The Morgan fingerprint density at radius 3 is 2.40 bits per heavy atom. The van der Waals surface area contributed by atoms with Gasteiger partial charge in [-0.25, -0.2) is 0 Å². The van der Waals surface area contributed by atoms with Crippen LogP contribution in [0.4, 0.5) is 0 Å². The summed E-state index contributed by atoms with van der Waals surface area (Å²) in [6.45, 7) is 18.4. The summed E-state index contributed by atoms with van der Waals surface area (Å²) in [6.07, 6.45) is 0. The second-order valence-corrected chi connectivity index (χ2v) is 7.62. The molecule has 2 fully saturated rings. The molecule has 2 unspecified atom stereocenters. The van der Waals surface area contributed by atoms with E-state index in [2.05, 4.69) is 52.7 Å². The first-order valence-corrected chi connectivity index (χ1v) is 9.52. The normalized spacial score (nSPS) is 25.0. The largest absolute Gasteiger partial charge is 0.379 e. The first kappa shape index (κ1) is 22.9. The lowest BCUT2D eigenvalue weighted by molar-refractivity contribution is -0.0175. The van der Waals surface area contributed by atoms with E-state index in [0.29, 0.717) is 12.1 Å². The molecule has 0 spiro atoms. The number of hydrogen-bond donors (Lipinski definition) is 1. The van der Waals surface area contributed by atoms with Crippen molar-refractivity contribution in [3.8, 4) is 0 Å². The number of guanidine groups is 1. The number of halogens is 1. The second kappa shape index (κ2) is 11.6. The van der Waals surface area contributed by atoms with Crippen molar-refractivity contribution in [2.24, 2.45) is 10.9 Å². The SMILES string of the molecule is CN=C(NCC(C)N1CCOCC1C)N1CCN(CC(C)C)CC1.I. The molecule has 0 bridgehead atoms. The van der Waals surface area contributed by atoms with Crippen LogP contribution in [0, 0.1) is 5.92 Å². The van der Waals surface area contributed by atoms with Crippen LogP contribution in [0.3, 0.4) is 0 Å². The van der Waals surface area contributed by atoms with E-state index < -0.39 is 0 Å². The van der Waals surface area contributed by atoms with E-state index in [4.69, 9.17) is 4.74 Å². The number of morpholine rings is 1. The highest BCUT2D eigenvalue weighted by molar-refractivity contribution is 14.0. The number of nitrogens with zero attached hydrogens (tertiary/aromatic N) is 4. The Bertz CT molecular complexity index is 399. The van der Waals surface area contributed by atoms with Crippen molar-refractivity contribution in [1.82, 2.24) is 20.0 Å². The maximum atomic E-state index is 5.54. The van der Waals surface area contributed by atoms with Gasteiger partial charge in [-0.05, 0) is 19.8 Å². The molecular weight excluding hydrogens is 429 g/mol. The number of ether oxygens (including phenoxy) is 1. The Morgan fingerprint density at radius 2 is 1.84 bits per heavy atom. The van der Waals surface area contributed by atoms with Crippen LogP contribution in [0.2, 0.25) is 0 Å². The van der Waals surface area contributed by atoms with Gasteiger partial charge < -0.3 is 15.0 Å². The van der Waals surface area contributed by atoms with E-state index in [1.165, 1.54) is 6.54 Å². The second-order valence-electron chi connectivity index (χ2n) is 7.62. The summed E-state index contributed by atoms with van der Waals surface area (Å²) in [5.74, 6) is 1.79. The molecule has 0 aromatic heterocycles. The fraction of sp³-hybridized carbons (Fsp3) is 0.944. The lowest BCUT2D eigenvalue weighted by Crippen LogP contribution is -2.56. The molecule has 2 aliphatic rings. The third kappa shape index (κ3) is 7.19. The molecule has 0 aromatic rings. The van der Waals surface area contributed by atoms with Gasteiger partial charge in [0.05, 0.1) is 13.2 Å². The molecule has 2 saturated heterocycles. The Balaban J connectivity index is 0.00000312. The molecule has 25 heavy (non-hydrogen) atoms. The third-order valence-corrected chi connectivity index (χ3v) is 5.05. The Labute approximate surface area is 171 Å². The van der Waals surface area contributed by atoms with Gasteiger partial charge in [-0.2, -0.15) is 0 Å². The first-order chi connectivity index (χ1) is 11.5. The van der Waals surface area contributed by atoms with E-state index >= 15 is 0 Å². The minimum atomic E-state index is 0. The Hall–Kier alpha value is -0.120. The van der Waals surface area contributed by atoms with Gasteiger partial charge in [0.25, 0.3) is 0 Å². The number of rotatable bonds is 5. The van der Waals surface area contributed by atoms with Gasteiger partial charge in [-0.1, -0.05) is 13.8 Å². The van der Waals surface area contributed by atoms with E-state index in [-0.39, 0.29) is 24.0 Å². The maximum Gasteiger partial charge on any atom is 0.193 e. The molecule has 0 aliphatic carbocycles. The number of piperazine rings is 1. The molecule has 7 heteroatoms. The topological polar surface area (TPSA) is 43.3 Å². The van der Waals surface area contributed by atoms with Crippen molar-refractivity contribution in [3.05, 3.63) is 0 Å². The van der Waals surface area contributed by atoms with Crippen LogP contribution >= 0.6 is 24.0 Å². The van der Waals surface area contributed by atoms with Crippen molar-refractivity contribution >= 4 is 29.9 Å². The van der Waals surface area contributed by atoms with Crippen LogP contribution in [0.5, 0.6) is 0 Å². The van der Waals surface area contributed by atoms with Gasteiger partial charge in [0.2, 0.25) is 0 Å². The van der Waals surface area contributed by atoms with Crippen LogP contribution in [-0.4, -0.2) is 98.8 Å². The Kier molecular flexibility index (Phi) is 10.6. The quantitative estimate of drug-likeness (QED) is 0.378. The summed E-state index contributed by atoms with van der Waals surface area (Å²) in [4.78, 5) is 12.0. The molecule has 2 aliphatic heterocycles. The van der Waals surface area contributed by atoms with Gasteiger partial charge in [-0.3, -0.25) is 14.8 Å². The molecule has 148 valence electrons. The molecule has 6 nitrogen and oxygen atoms in total. The van der Waals surface area contributed by atoms with Gasteiger partial charge in [0, 0.05) is 64.9 Å². The lowest BCUT2D eigenvalue weighted by Gasteiger charge is -2.40. The molecule has 2 atom stereocenters. The number of aliphatic imine (C=N–C) groups is 1. The summed E-state index contributed by atoms with van der Waals surface area (Å²) in [5.41, 5.74) is 0. The van der Waals surface area contributed by atoms with Crippen LogP contribution in [-0.2, 0) is 4.74 Å². The van der Waals surface area contributed by atoms with Crippen molar-refractivity contribution in [2.45, 2.75) is 39.8 Å². The molecule has 2 rings (SSSR count). The number of nitrogens with one attached hydrogen (secondary N) is 1. The highest BCUT2D eigenvalue weighted by Gasteiger charge is 2.25. The first-order valence-electron chi connectivity index (χ1n) is 9.52. The predicted molar refractivity (Wildman–Crippen MR) is 116 cm³/mol. The summed E-state index contributed by atoms with van der Waals surface area (Å²) in [6, 6.07) is 0.986. The maximum absolute atomic E-state index is 5.54. The van der Waals surface area contributed by atoms with Crippen LogP contribution < -0.4 is 5.32 Å². The molecule has 0 saturated carbocycles. The number of hydrogen-bond acceptors (Lipinski definition) is 4. The monoisotopic (exact) mass is 467 g/mol. The fourth-order valence-electron chi connectivity index (χ4n) is 3.74.